The molecule has 4 heteroatoms. The van der Waals surface area contributed by atoms with Gasteiger partial charge in [0, 0.05) is 17.5 Å². The van der Waals surface area contributed by atoms with Gasteiger partial charge in [0.15, 0.2) is 0 Å². The third-order valence-corrected chi connectivity index (χ3v) is 5.69. The van der Waals surface area contributed by atoms with Gasteiger partial charge in [-0.1, -0.05) is 54.1 Å². The maximum atomic E-state index is 12.6. The van der Waals surface area contributed by atoms with Crippen molar-refractivity contribution in [3.63, 3.8) is 0 Å². The standard InChI is InChI=1S/C23H29ClN2O/c24-21-10-6-19(7-11-21)9-13-23(27)26-22(20-14-16-25-17-15-20)12-8-18-4-2-1-3-5-18/h1-7,10-11,20,22,25H,8-9,12-17H2,(H,26,27). The van der Waals surface area contributed by atoms with Gasteiger partial charge in [-0.15, -0.1) is 0 Å². The number of carbonyl (C=O) groups excluding carboxylic acids is 1. The van der Waals surface area contributed by atoms with E-state index in [-0.39, 0.29) is 11.9 Å². The van der Waals surface area contributed by atoms with Gasteiger partial charge in [-0.05, 0) is 74.4 Å². The van der Waals surface area contributed by atoms with Gasteiger partial charge >= 0.3 is 0 Å². The van der Waals surface area contributed by atoms with E-state index in [1.807, 2.05) is 30.3 Å². The van der Waals surface area contributed by atoms with Crippen molar-refractivity contribution < 1.29 is 4.79 Å². The maximum absolute atomic E-state index is 12.6. The second-order valence-corrected chi connectivity index (χ2v) is 7.85. The molecule has 0 aliphatic carbocycles. The number of carbonyl (C=O) groups is 1. The summed E-state index contributed by atoms with van der Waals surface area (Å²) in [6, 6.07) is 18.6. The van der Waals surface area contributed by atoms with Crippen molar-refractivity contribution >= 4 is 17.5 Å². The van der Waals surface area contributed by atoms with E-state index in [0.29, 0.717) is 12.3 Å². The molecule has 27 heavy (non-hydrogen) atoms. The predicted octanol–water partition coefficient (Wildman–Crippen LogP) is 4.39. The Morgan fingerprint density at radius 3 is 2.37 bits per heavy atom. The molecule has 144 valence electrons. The second kappa shape index (κ2) is 10.5. The first-order valence-electron chi connectivity index (χ1n) is 9.99. The van der Waals surface area contributed by atoms with Gasteiger partial charge in [0.1, 0.15) is 0 Å². The minimum atomic E-state index is 0.154. The number of rotatable bonds is 8. The number of hydrogen-bond donors (Lipinski definition) is 2. The lowest BCUT2D eigenvalue weighted by Crippen LogP contribution is -2.44. The summed E-state index contributed by atoms with van der Waals surface area (Å²) in [6.45, 7) is 2.10. The third-order valence-electron chi connectivity index (χ3n) is 5.44. The highest BCUT2D eigenvalue weighted by Gasteiger charge is 2.24. The number of halogens is 1. The first kappa shape index (κ1) is 19.9. The Labute approximate surface area is 167 Å². The fourth-order valence-corrected chi connectivity index (χ4v) is 3.95. The van der Waals surface area contributed by atoms with Crippen LogP contribution in [-0.4, -0.2) is 25.0 Å². The van der Waals surface area contributed by atoms with Crippen LogP contribution in [0.15, 0.2) is 54.6 Å². The van der Waals surface area contributed by atoms with E-state index in [1.165, 1.54) is 5.56 Å². The van der Waals surface area contributed by atoms with Gasteiger partial charge in [-0.25, -0.2) is 0 Å². The first-order chi connectivity index (χ1) is 13.2. The molecule has 1 saturated heterocycles. The van der Waals surface area contributed by atoms with E-state index in [9.17, 15) is 4.79 Å². The van der Waals surface area contributed by atoms with E-state index in [1.54, 1.807) is 0 Å². The Kier molecular flexibility index (Phi) is 7.73. The highest BCUT2D eigenvalue weighted by molar-refractivity contribution is 6.30. The zero-order valence-corrected chi connectivity index (χ0v) is 16.5. The molecule has 1 aliphatic heterocycles. The van der Waals surface area contributed by atoms with Crippen LogP contribution >= 0.6 is 11.6 Å². The number of benzene rings is 2. The molecule has 0 spiro atoms. The zero-order valence-electron chi connectivity index (χ0n) is 15.8. The molecule has 0 saturated carbocycles. The molecule has 1 aliphatic rings. The van der Waals surface area contributed by atoms with Crippen molar-refractivity contribution in [3.05, 3.63) is 70.7 Å². The number of hydrogen-bond acceptors (Lipinski definition) is 2. The predicted molar refractivity (Wildman–Crippen MR) is 112 cm³/mol. The smallest absolute Gasteiger partial charge is 0.220 e. The largest absolute Gasteiger partial charge is 0.353 e. The molecule has 0 aromatic heterocycles. The van der Waals surface area contributed by atoms with Crippen molar-refractivity contribution in [2.75, 3.05) is 13.1 Å². The van der Waals surface area contributed by atoms with Crippen molar-refractivity contribution in [1.82, 2.24) is 10.6 Å². The van der Waals surface area contributed by atoms with Crippen LogP contribution in [0.4, 0.5) is 0 Å². The molecular formula is C23H29ClN2O. The molecule has 1 amide bonds. The van der Waals surface area contributed by atoms with Crippen LogP contribution < -0.4 is 10.6 Å². The Bertz CT molecular complexity index is 696. The minimum absolute atomic E-state index is 0.154. The lowest BCUT2D eigenvalue weighted by atomic mass is 9.86. The van der Waals surface area contributed by atoms with Gasteiger partial charge in [-0.3, -0.25) is 4.79 Å². The average molecular weight is 385 g/mol. The van der Waals surface area contributed by atoms with Gasteiger partial charge in [0.05, 0.1) is 0 Å². The van der Waals surface area contributed by atoms with Crippen molar-refractivity contribution in [2.45, 2.75) is 44.6 Å². The molecule has 0 bridgehead atoms. The summed E-state index contributed by atoms with van der Waals surface area (Å²) < 4.78 is 0. The summed E-state index contributed by atoms with van der Waals surface area (Å²) in [7, 11) is 0. The molecule has 3 rings (SSSR count). The minimum Gasteiger partial charge on any atom is -0.353 e. The van der Waals surface area contributed by atoms with Crippen LogP contribution in [0, 0.1) is 5.92 Å². The number of piperidine rings is 1. The monoisotopic (exact) mass is 384 g/mol. The molecule has 2 aromatic rings. The van der Waals surface area contributed by atoms with E-state index in [0.717, 1.165) is 55.8 Å². The third kappa shape index (κ3) is 6.67. The quantitative estimate of drug-likeness (QED) is 0.708. The molecule has 1 unspecified atom stereocenters. The van der Waals surface area contributed by atoms with Gasteiger partial charge < -0.3 is 10.6 Å². The molecule has 3 nitrogen and oxygen atoms in total. The first-order valence-corrected chi connectivity index (χ1v) is 10.4. The summed E-state index contributed by atoms with van der Waals surface area (Å²) in [5.74, 6) is 0.719. The summed E-state index contributed by atoms with van der Waals surface area (Å²) in [5.41, 5.74) is 2.49. The average Bonchev–Trinajstić information content (AvgIpc) is 2.72. The van der Waals surface area contributed by atoms with Crippen molar-refractivity contribution in [3.8, 4) is 0 Å². The van der Waals surface area contributed by atoms with Gasteiger partial charge in [0.25, 0.3) is 0 Å². The molecule has 2 aromatic carbocycles. The highest BCUT2D eigenvalue weighted by atomic mass is 35.5. The summed E-state index contributed by atoms with van der Waals surface area (Å²) >= 11 is 5.93. The van der Waals surface area contributed by atoms with Crippen molar-refractivity contribution in [1.29, 1.82) is 0 Å². The van der Waals surface area contributed by atoms with E-state index in [2.05, 4.69) is 34.9 Å². The van der Waals surface area contributed by atoms with Gasteiger partial charge in [-0.2, -0.15) is 0 Å². The Balaban J connectivity index is 1.54. The van der Waals surface area contributed by atoms with E-state index >= 15 is 0 Å². The molecule has 1 fully saturated rings. The topological polar surface area (TPSA) is 41.1 Å². The normalized spacial score (nSPS) is 16.0. The SMILES string of the molecule is O=C(CCc1ccc(Cl)cc1)NC(CCc1ccccc1)C1CCNCC1. The van der Waals surface area contributed by atoms with Crippen LogP contribution in [-0.2, 0) is 17.6 Å². The van der Waals surface area contributed by atoms with Gasteiger partial charge in [0.2, 0.25) is 5.91 Å². The Morgan fingerprint density at radius 1 is 1.00 bits per heavy atom. The van der Waals surface area contributed by atoms with E-state index in [4.69, 9.17) is 11.6 Å². The fraction of sp³-hybridized carbons (Fsp3) is 0.435. The molecule has 0 radical (unpaired) electrons. The summed E-state index contributed by atoms with van der Waals surface area (Å²) in [4.78, 5) is 12.6. The number of amides is 1. The molecule has 1 heterocycles. The summed E-state index contributed by atoms with van der Waals surface area (Å²) in [6.07, 6.45) is 5.55. The maximum Gasteiger partial charge on any atom is 0.220 e. The second-order valence-electron chi connectivity index (χ2n) is 7.41. The zero-order chi connectivity index (χ0) is 18.9. The fourth-order valence-electron chi connectivity index (χ4n) is 3.83. The lowest BCUT2D eigenvalue weighted by molar-refractivity contribution is -0.122. The molecule has 1 atom stereocenters. The van der Waals surface area contributed by atoms with Crippen molar-refractivity contribution in [2.24, 2.45) is 5.92 Å². The Hall–Kier alpha value is -1.84. The lowest BCUT2D eigenvalue weighted by Gasteiger charge is -2.31. The molecular weight excluding hydrogens is 356 g/mol. The highest BCUT2D eigenvalue weighted by Crippen LogP contribution is 2.21. The number of nitrogens with one attached hydrogen (secondary N) is 2. The van der Waals surface area contributed by atoms with Crippen LogP contribution in [0.2, 0.25) is 5.02 Å². The summed E-state index contributed by atoms with van der Waals surface area (Å²) in [5, 5.41) is 7.50. The number of aryl methyl sites for hydroxylation is 2. The van der Waals surface area contributed by atoms with E-state index < -0.39 is 0 Å². The van der Waals surface area contributed by atoms with Crippen LogP contribution in [0.5, 0.6) is 0 Å². The molecule has 2 N–H and O–H groups in total. The Morgan fingerprint density at radius 2 is 1.67 bits per heavy atom. The van der Waals surface area contributed by atoms with Crippen LogP contribution in [0.1, 0.15) is 36.8 Å². The van der Waals surface area contributed by atoms with Crippen LogP contribution in [0.3, 0.4) is 0 Å². The van der Waals surface area contributed by atoms with Crippen LogP contribution in [0.25, 0.3) is 0 Å².